The number of benzene rings is 1. The number of carbonyl (C=O) groups excluding carboxylic acids is 1. The zero-order valence-electron chi connectivity index (χ0n) is 9.12. The standard InChI is InChI=1S/C12H9N3O2/c1-17-12(16)11-7-15(8-14-11)10-4-2-9(6-13)3-5-10/h2-5,7-8H,1H3. The van der Waals surface area contributed by atoms with Gasteiger partial charge in [-0.2, -0.15) is 5.26 Å². The molecule has 0 fully saturated rings. The monoisotopic (exact) mass is 227 g/mol. The Balaban J connectivity index is 2.31. The molecule has 2 rings (SSSR count). The zero-order chi connectivity index (χ0) is 12.3. The molecule has 1 aromatic carbocycles. The lowest BCUT2D eigenvalue weighted by atomic mass is 10.2. The van der Waals surface area contributed by atoms with Gasteiger partial charge in [-0.25, -0.2) is 9.78 Å². The second-order valence-corrected chi connectivity index (χ2v) is 3.32. The number of carbonyl (C=O) groups is 1. The Labute approximate surface area is 97.9 Å². The van der Waals surface area contributed by atoms with Crippen molar-refractivity contribution < 1.29 is 9.53 Å². The number of hydrogen-bond acceptors (Lipinski definition) is 4. The van der Waals surface area contributed by atoms with E-state index in [4.69, 9.17) is 5.26 Å². The Hall–Kier alpha value is -2.61. The predicted octanol–water partition coefficient (Wildman–Crippen LogP) is 1.53. The second kappa shape index (κ2) is 4.49. The van der Waals surface area contributed by atoms with Crippen LogP contribution in [0.4, 0.5) is 0 Å². The molecule has 1 heterocycles. The molecular formula is C12H9N3O2. The number of imidazole rings is 1. The van der Waals surface area contributed by atoms with E-state index in [1.807, 2.05) is 6.07 Å². The van der Waals surface area contributed by atoms with Gasteiger partial charge in [-0.3, -0.25) is 0 Å². The van der Waals surface area contributed by atoms with Gasteiger partial charge in [-0.1, -0.05) is 0 Å². The van der Waals surface area contributed by atoms with Crippen LogP contribution in [-0.4, -0.2) is 22.6 Å². The van der Waals surface area contributed by atoms with Crippen molar-refractivity contribution in [1.29, 1.82) is 5.26 Å². The Morgan fingerprint density at radius 3 is 2.71 bits per heavy atom. The molecule has 5 nitrogen and oxygen atoms in total. The van der Waals surface area contributed by atoms with Crippen LogP contribution in [0.25, 0.3) is 5.69 Å². The minimum Gasteiger partial charge on any atom is -0.464 e. The van der Waals surface area contributed by atoms with Crippen LogP contribution in [0.3, 0.4) is 0 Å². The minimum absolute atomic E-state index is 0.247. The number of hydrogen-bond donors (Lipinski definition) is 0. The van der Waals surface area contributed by atoms with Crippen LogP contribution in [0, 0.1) is 11.3 Å². The van der Waals surface area contributed by atoms with Crippen molar-refractivity contribution in [2.45, 2.75) is 0 Å². The zero-order valence-corrected chi connectivity index (χ0v) is 9.12. The van der Waals surface area contributed by atoms with Gasteiger partial charge in [0.05, 0.1) is 18.7 Å². The molecule has 84 valence electrons. The van der Waals surface area contributed by atoms with Gasteiger partial charge in [0, 0.05) is 11.9 Å². The largest absolute Gasteiger partial charge is 0.464 e. The normalized spacial score (nSPS) is 9.65. The highest BCUT2D eigenvalue weighted by atomic mass is 16.5. The van der Waals surface area contributed by atoms with Gasteiger partial charge in [0.2, 0.25) is 0 Å². The second-order valence-electron chi connectivity index (χ2n) is 3.32. The van der Waals surface area contributed by atoms with E-state index in [-0.39, 0.29) is 5.69 Å². The third kappa shape index (κ3) is 2.16. The van der Waals surface area contributed by atoms with Gasteiger partial charge in [0.25, 0.3) is 0 Å². The maximum atomic E-state index is 11.2. The van der Waals surface area contributed by atoms with Crippen LogP contribution in [0.5, 0.6) is 0 Å². The number of nitriles is 1. The number of rotatable bonds is 2. The van der Waals surface area contributed by atoms with Gasteiger partial charge in [-0.15, -0.1) is 0 Å². The molecule has 2 aromatic rings. The van der Waals surface area contributed by atoms with Crippen molar-refractivity contribution in [2.24, 2.45) is 0 Å². The average molecular weight is 227 g/mol. The Morgan fingerprint density at radius 1 is 1.41 bits per heavy atom. The van der Waals surface area contributed by atoms with E-state index in [1.54, 1.807) is 35.0 Å². The molecule has 5 heteroatoms. The van der Waals surface area contributed by atoms with Crippen molar-refractivity contribution in [3.05, 3.63) is 48.0 Å². The molecule has 0 atom stereocenters. The number of methoxy groups -OCH3 is 1. The quantitative estimate of drug-likeness (QED) is 0.729. The van der Waals surface area contributed by atoms with Gasteiger partial charge in [0.1, 0.15) is 6.33 Å². The summed E-state index contributed by atoms with van der Waals surface area (Å²) in [5.41, 5.74) is 1.66. The highest BCUT2D eigenvalue weighted by Crippen LogP contribution is 2.10. The molecule has 0 bridgehead atoms. The van der Waals surface area contributed by atoms with Crippen LogP contribution in [0.15, 0.2) is 36.8 Å². The lowest BCUT2D eigenvalue weighted by Crippen LogP contribution is -2.01. The summed E-state index contributed by atoms with van der Waals surface area (Å²) in [5.74, 6) is -0.475. The maximum absolute atomic E-state index is 11.2. The average Bonchev–Trinajstić information content (AvgIpc) is 2.87. The summed E-state index contributed by atoms with van der Waals surface area (Å²) in [7, 11) is 1.31. The lowest BCUT2D eigenvalue weighted by Gasteiger charge is -2.00. The molecule has 17 heavy (non-hydrogen) atoms. The molecule has 0 N–H and O–H groups in total. The first-order chi connectivity index (χ1) is 8.24. The molecule has 1 aromatic heterocycles. The first kappa shape index (κ1) is 10.9. The number of esters is 1. The summed E-state index contributed by atoms with van der Waals surface area (Å²) in [4.78, 5) is 15.1. The van der Waals surface area contributed by atoms with Crippen LogP contribution in [-0.2, 0) is 4.74 Å². The van der Waals surface area contributed by atoms with Crippen molar-refractivity contribution >= 4 is 5.97 Å². The van der Waals surface area contributed by atoms with Crippen LogP contribution < -0.4 is 0 Å². The van der Waals surface area contributed by atoms with E-state index in [0.717, 1.165) is 5.69 Å². The summed E-state index contributed by atoms with van der Waals surface area (Å²) in [6, 6.07) is 9.00. The molecule has 0 amide bonds. The first-order valence-electron chi connectivity index (χ1n) is 4.87. The molecule has 0 aliphatic heterocycles. The van der Waals surface area contributed by atoms with E-state index in [0.29, 0.717) is 5.56 Å². The molecule has 0 spiro atoms. The fraction of sp³-hybridized carbons (Fsp3) is 0.0833. The molecule has 0 saturated carbocycles. The van der Waals surface area contributed by atoms with Gasteiger partial charge >= 0.3 is 5.97 Å². The van der Waals surface area contributed by atoms with E-state index in [9.17, 15) is 4.79 Å². The predicted molar refractivity (Wildman–Crippen MR) is 59.6 cm³/mol. The summed E-state index contributed by atoms with van der Waals surface area (Å²) in [6.07, 6.45) is 3.10. The Kier molecular flexibility index (Phi) is 2.88. The smallest absolute Gasteiger partial charge is 0.358 e. The molecule has 0 aliphatic carbocycles. The molecular weight excluding hydrogens is 218 g/mol. The molecule has 0 radical (unpaired) electrons. The van der Waals surface area contributed by atoms with E-state index >= 15 is 0 Å². The SMILES string of the molecule is COC(=O)c1cn(-c2ccc(C#N)cc2)cn1. The van der Waals surface area contributed by atoms with E-state index < -0.39 is 5.97 Å². The summed E-state index contributed by atoms with van der Waals surface area (Å²) in [5, 5.41) is 8.68. The summed E-state index contributed by atoms with van der Waals surface area (Å²) in [6.45, 7) is 0. The number of aromatic nitrogens is 2. The minimum atomic E-state index is -0.475. The topological polar surface area (TPSA) is 67.9 Å². The van der Waals surface area contributed by atoms with Crippen molar-refractivity contribution in [1.82, 2.24) is 9.55 Å². The summed E-state index contributed by atoms with van der Waals surface area (Å²) < 4.78 is 6.25. The first-order valence-corrected chi connectivity index (χ1v) is 4.87. The van der Waals surface area contributed by atoms with Gasteiger partial charge in [-0.05, 0) is 24.3 Å². The molecule has 0 saturated heterocycles. The highest BCUT2D eigenvalue weighted by molar-refractivity contribution is 5.86. The third-order valence-corrected chi connectivity index (χ3v) is 2.27. The lowest BCUT2D eigenvalue weighted by molar-refractivity contribution is 0.0594. The van der Waals surface area contributed by atoms with Crippen molar-refractivity contribution in [3.8, 4) is 11.8 Å². The van der Waals surface area contributed by atoms with Crippen LogP contribution in [0.2, 0.25) is 0 Å². The summed E-state index contributed by atoms with van der Waals surface area (Å²) >= 11 is 0. The third-order valence-electron chi connectivity index (χ3n) is 2.27. The van der Waals surface area contributed by atoms with Crippen LogP contribution >= 0.6 is 0 Å². The Morgan fingerprint density at radius 2 is 2.12 bits per heavy atom. The fourth-order valence-corrected chi connectivity index (χ4v) is 1.38. The van der Waals surface area contributed by atoms with Gasteiger partial charge in [0.15, 0.2) is 5.69 Å². The van der Waals surface area contributed by atoms with Crippen molar-refractivity contribution in [2.75, 3.05) is 7.11 Å². The number of ether oxygens (including phenoxy) is 1. The van der Waals surface area contributed by atoms with Gasteiger partial charge < -0.3 is 9.30 Å². The van der Waals surface area contributed by atoms with E-state index in [2.05, 4.69) is 9.72 Å². The molecule has 0 unspecified atom stereocenters. The number of nitrogens with zero attached hydrogens (tertiary/aromatic N) is 3. The highest BCUT2D eigenvalue weighted by Gasteiger charge is 2.09. The fourth-order valence-electron chi connectivity index (χ4n) is 1.38. The van der Waals surface area contributed by atoms with E-state index in [1.165, 1.54) is 13.4 Å². The van der Waals surface area contributed by atoms with Crippen LogP contribution in [0.1, 0.15) is 16.1 Å². The van der Waals surface area contributed by atoms with Crippen molar-refractivity contribution in [3.63, 3.8) is 0 Å². The maximum Gasteiger partial charge on any atom is 0.358 e. The Bertz CT molecular complexity index is 579. The molecule has 0 aliphatic rings.